The van der Waals surface area contributed by atoms with Crippen molar-refractivity contribution < 1.29 is 39.9 Å². The van der Waals surface area contributed by atoms with Gasteiger partial charge in [0, 0.05) is 18.1 Å². The summed E-state index contributed by atoms with van der Waals surface area (Å²) in [5, 5.41) is 0. The maximum atomic E-state index is 2.66. The molecule has 0 bridgehead atoms. The predicted molar refractivity (Wildman–Crippen MR) is 201 cm³/mol. The summed E-state index contributed by atoms with van der Waals surface area (Å²) in [4.78, 5) is 15.2. The molecule has 0 amide bonds. The molecule has 3 heterocycles. The fourth-order valence-corrected chi connectivity index (χ4v) is 8.87. The monoisotopic (exact) mass is 795 g/mol. The molecule has 3 rings (SSSR count). The van der Waals surface area contributed by atoms with Crippen LogP contribution in [-0.4, -0.2) is 128 Å². The van der Waals surface area contributed by atoms with E-state index in [-0.39, 0.29) is 39.9 Å². The van der Waals surface area contributed by atoms with Crippen molar-refractivity contribution in [3.05, 3.63) is 0 Å². The number of rotatable bonds is 9. The molecule has 6 unspecified atom stereocenters. The number of hydrogen-bond donors (Lipinski definition) is 0. The van der Waals surface area contributed by atoms with Gasteiger partial charge in [-0.25, -0.2) is 0 Å². The molecule has 7 heteroatoms. The minimum Gasteiger partial charge on any atom is -0.294 e. The van der Waals surface area contributed by atoms with Crippen LogP contribution in [0.1, 0.15) is 122 Å². The minimum absolute atomic E-state index is 0. The fourth-order valence-electron chi connectivity index (χ4n) is 8.87. The largest absolute Gasteiger partial charge is 3.00 e. The van der Waals surface area contributed by atoms with Gasteiger partial charge in [0.1, 0.15) is 0 Å². The van der Waals surface area contributed by atoms with Crippen molar-refractivity contribution in [2.45, 2.75) is 158 Å². The van der Waals surface area contributed by atoms with Gasteiger partial charge in [-0.1, -0.05) is 41.5 Å². The van der Waals surface area contributed by atoms with Crippen LogP contribution in [0.3, 0.4) is 0 Å². The molecular formula is C39H84GdN6+3. The number of piperidine rings is 3. The molecule has 0 N–H and O–H groups in total. The van der Waals surface area contributed by atoms with Gasteiger partial charge >= 0.3 is 39.9 Å². The molecule has 6 nitrogen and oxygen atoms in total. The van der Waals surface area contributed by atoms with Gasteiger partial charge in [-0.15, -0.1) is 0 Å². The SMILES string of the molecule is CC(C)C1CCCN(C(C)C)C1N(C)C.CC(C)C1CCCN(C(C)C)C1N(C)C.CC(C)C1CCCN(C(C)C)C1N(C)C.[Gd+3]. The Bertz CT molecular complexity index is 620. The van der Waals surface area contributed by atoms with E-state index in [1.54, 1.807) is 0 Å². The third kappa shape index (κ3) is 14.0. The van der Waals surface area contributed by atoms with E-state index in [4.69, 9.17) is 0 Å². The second-order valence-corrected chi connectivity index (χ2v) is 17.3. The first-order chi connectivity index (χ1) is 20.8. The van der Waals surface area contributed by atoms with Gasteiger partial charge in [0.15, 0.2) is 0 Å². The molecule has 0 spiro atoms. The van der Waals surface area contributed by atoms with E-state index in [2.05, 4.69) is 155 Å². The molecule has 0 aromatic heterocycles. The molecule has 275 valence electrons. The Balaban J connectivity index is 0.000000653. The van der Waals surface area contributed by atoms with Crippen molar-refractivity contribution in [2.75, 3.05) is 61.9 Å². The fraction of sp³-hybridized carbons (Fsp3) is 1.00. The Kier molecular flexibility index (Phi) is 23.3. The quantitative estimate of drug-likeness (QED) is 0.235. The molecule has 0 aromatic carbocycles. The average molecular weight is 794 g/mol. The molecule has 3 saturated heterocycles. The zero-order valence-corrected chi connectivity index (χ0v) is 36.6. The third-order valence-corrected chi connectivity index (χ3v) is 11.2. The number of likely N-dealkylation sites (tertiary alicyclic amines) is 3. The maximum Gasteiger partial charge on any atom is 3.00 e. The summed E-state index contributed by atoms with van der Waals surface area (Å²) in [6.45, 7) is 31.9. The molecule has 3 aliphatic rings. The zero-order valence-electron chi connectivity index (χ0n) is 34.3. The molecule has 0 saturated carbocycles. The van der Waals surface area contributed by atoms with E-state index < -0.39 is 0 Å². The topological polar surface area (TPSA) is 19.4 Å². The third-order valence-electron chi connectivity index (χ3n) is 11.2. The van der Waals surface area contributed by atoms with Gasteiger partial charge in [0.25, 0.3) is 0 Å². The first-order valence-corrected chi connectivity index (χ1v) is 19.1. The van der Waals surface area contributed by atoms with E-state index in [0.717, 1.165) is 35.5 Å². The summed E-state index contributed by atoms with van der Waals surface area (Å²) < 4.78 is 0. The second-order valence-electron chi connectivity index (χ2n) is 17.3. The normalized spacial score (nSPS) is 28.8. The van der Waals surface area contributed by atoms with Crippen LogP contribution in [-0.2, 0) is 0 Å². The Morgan fingerprint density at radius 1 is 0.391 bits per heavy atom. The van der Waals surface area contributed by atoms with Crippen molar-refractivity contribution in [3.8, 4) is 0 Å². The van der Waals surface area contributed by atoms with E-state index >= 15 is 0 Å². The molecule has 3 fully saturated rings. The van der Waals surface area contributed by atoms with Crippen LogP contribution in [0.5, 0.6) is 0 Å². The van der Waals surface area contributed by atoms with Gasteiger partial charge in [0.2, 0.25) is 0 Å². The van der Waals surface area contributed by atoms with Crippen molar-refractivity contribution >= 4 is 0 Å². The summed E-state index contributed by atoms with van der Waals surface area (Å²) in [5.41, 5.74) is 0. The van der Waals surface area contributed by atoms with Crippen molar-refractivity contribution in [3.63, 3.8) is 0 Å². The summed E-state index contributed by atoms with van der Waals surface area (Å²) in [6.07, 6.45) is 10.2. The smallest absolute Gasteiger partial charge is 0.294 e. The molecule has 0 aliphatic carbocycles. The number of hydrogen-bond acceptors (Lipinski definition) is 6. The number of nitrogens with zero attached hydrogens (tertiary/aromatic N) is 6. The Morgan fingerprint density at radius 3 is 0.717 bits per heavy atom. The van der Waals surface area contributed by atoms with Crippen LogP contribution in [0.4, 0.5) is 0 Å². The van der Waals surface area contributed by atoms with Gasteiger partial charge in [0.05, 0.1) is 18.5 Å². The molecule has 46 heavy (non-hydrogen) atoms. The summed E-state index contributed by atoms with van der Waals surface area (Å²) >= 11 is 0. The summed E-state index contributed by atoms with van der Waals surface area (Å²) in [5.74, 6) is 4.86. The van der Waals surface area contributed by atoms with E-state index in [9.17, 15) is 0 Å². The van der Waals surface area contributed by atoms with Crippen LogP contribution in [0.15, 0.2) is 0 Å². The Morgan fingerprint density at radius 2 is 0.587 bits per heavy atom. The van der Waals surface area contributed by atoms with Gasteiger partial charge < -0.3 is 0 Å². The molecule has 6 atom stereocenters. The van der Waals surface area contributed by atoms with Crippen LogP contribution >= 0.6 is 0 Å². The maximum absolute atomic E-state index is 2.66. The van der Waals surface area contributed by atoms with Gasteiger partial charge in [-0.05, 0) is 177 Å². The Hall–Kier alpha value is 1.08. The summed E-state index contributed by atoms with van der Waals surface area (Å²) in [6, 6.07) is 2.00. The molecule has 3 aliphatic heterocycles. The average Bonchev–Trinajstić information content (AvgIpc) is 2.96. The first kappa shape index (κ1) is 47.1. The van der Waals surface area contributed by atoms with E-state index in [0.29, 0.717) is 36.6 Å². The zero-order chi connectivity index (χ0) is 34.8. The minimum atomic E-state index is 0. The van der Waals surface area contributed by atoms with Crippen LogP contribution in [0.2, 0.25) is 0 Å². The van der Waals surface area contributed by atoms with Crippen molar-refractivity contribution in [1.29, 1.82) is 0 Å². The van der Waals surface area contributed by atoms with Gasteiger partial charge in [-0.2, -0.15) is 0 Å². The van der Waals surface area contributed by atoms with E-state index in [1.165, 1.54) is 58.2 Å². The van der Waals surface area contributed by atoms with Crippen LogP contribution < -0.4 is 0 Å². The van der Waals surface area contributed by atoms with E-state index in [1.807, 2.05) is 0 Å². The molecular weight excluding hydrogens is 710 g/mol. The van der Waals surface area contributed by atoms with Crippen LogP contribution in [0, 0.1) is 75.4 Å². The summed E-state index contributed by atoms with van der Waals surface area (Å²) in [7, 11) is 13.3. The van der Waals surface area contributed by atoms with Crippen LogP contribution in [0.25, 0.3) is 0 Å². The van der Waals surface area contributed by atoms with Gasteiger partial charge in [-0.3, -0.25) is 29.4 Å². The molecule has 0 aromatic rings. The van der Waals surface area contributed by atoms with Crippen molar-refractivity contribution in [2.24, 2.45) is 35.5 Å². The standard InChI is InChI=1S/3C13H28N2.Gd/c3*1-10(2)12-8-7-9-15(11(3)4)13(12)14(5)6;/h3*10-13H,7-9H2,1-6H3;/q;;;+3. The second kappa shape index (κ2) is 22.8. The Labute approximate surface area is 322 Å². The molecule has 1 radical (unpaired) electrons. The van der Waals surface area contributed by atoms with Crippen molar-refractivity contribution in [1.82, 2.24) is 29.4 Å². The predicted octanol–water partition coefficient (Wildman–Crippen LogP) is 7.95. The first-order valence-electron chi connectivity index (χ1n) is 19.1.